The quantitative estimate of drug-likeness (QED) is 0.824. The summed E-state index contributed by atoms with van der Waals surface area (Å²) in [5, 5.41) is 2.83. The van der Waals surface area contributed by atoms with Crippen LogP contribution < -0.4 is 5.32 Å². The second-order valence-electron chi connectivity index (χ2n) is 7.95. The molecule has 0 bridgehead atoms. The summed E-state index contributed by atoms with van der Waals surface area (Å²) in [4.78, 5) is 40.5. The van der Waals surface area contributed by atoms with Crippen molar-refractivity contribution in [1.82, 2.24) is 15.1 Å². The van der Waals surface area contributed by atoms with E-state index >= 15 is 0 Å². The molecule has 2 fully saturated rings. The van der Waals surface area contributed by atoms with Crippen molar-refractivity contribution in [2.75, 3.05) is 13.1 Å². The van der Waals surface area contributed by atoms with Gasteiger partial charge in [0.2, 0.25) is 0 Å². The van der Waals surface area contributed by atoms with Gasteiger partial charge in [-0.15, -0.1) is 0 Å². The van der Waals surface area contributed by atoms with Crippen LogP contribution in [-0.4, -0.2) is 46.3 Å². The molecule has 2 heterocycles. The third-order valence-electron chi connectivity index (χ3n) is 5.10. The summed E-state index contributed by atoms with van der Waals surface area (Å²) in [6.45, 7) is 7.70. The lowest BCUT2D eigenvalue weighted by Crippen LogP contribution is -2.44. The fourth-order valence-corrected chi connectivity index (χ4v) is 3.88. The fourth-order valence-electron chi connectivity index (χ4n) is 3.88. The van der Waals surface area contributed by atoms with Crippen molar-refractivity contribution < 1.29 is 14.4 Å². The topological polar surface area (TPSA) is 69.7 Å². The van der Waals surface area contributed by atoms with E-state index < -0.39 is 5.54 Å². The van der Waals surface area contributed by atoms with Crippen molar-refractivity contribution in [2.24, 2.45) is 5.92 Å². The minimum Gasteiger partial charge on any atom is -0.339 e. The molecule has 6 nitrogen and oxygen atoms in total. The van der Waals surface area contributed by atoms with Crippen molar-refractivity contribution in [3.63, 3.8) is 0 Å². The van der Waals surface area contributed by atoms with Gasteiger partial charge in [-0.1, -0.05) is 26.0 Å². The summed E-state index contributed by atoms with van der Waals surface area (Å²) in [5.74, 6) is 0.169. The van der Waals surface area contributed by atoms with Gasteiger partial charge in [0, 0.05) is 18.7 Å². The molecular weight excluding hydrogens is 330 g/mol. The fraction of sp³-hybridized carbons (Fsp3) is 0.550. The Labute approximate surface area is 154 Å². The zero-order chi connectivity index (χ0) is 18.9. The first-order valence-corrected chi connectivity index (χ1v) is 9.32. The van der Waals surface area contributed by atoms with Crippen molar-refractivity contribution in [1.29, 1.82) is 0 Å². The van der Waals surface area contributed by atoms with E-state index in [0.717, 1.165) is 31.5 Å². The van der Waals surface area contributed by atoms with Crippen LogP contribution in [0.4, 0.5) is 4.79 Å². The molecule has 1 N–H and O–H groups in total. The number of nitrogens with one attached hydrogen (secondary N) is 1. The molecule has 0 spiro atoms. The summed E-state index contributed by atoms with van der Waals surface area (Å²) in [5.41, 5.74) is 0.648. The maximum atomic E-state index is 12.7. The van der Waals surface area contributed by atoms with E-state index in [1.54, 1.807) is 19.1 Å². The lowest BCUT2D eigenvalue weighted by Gasteiger charge is -2.23. The molecule has 140 valence electrons. The number of urea groups is 1. The predicted octanol–water partition coefficient (Wildman–Crippen LogP) is 2.78. The van der Waals surface area contributed by atoms with Crippen molar-refractivity contribution in [3.8, 4) is 0 Å². The maximum Gasteiger partial charge on any atom is 0.325 e. The van der Waals surface area contributed by atoms with E-state index in [9.17, 15) is 14.4 Å². The molecule has 0 radical (unpaired) electrons. The third kappa shape index (κ3) is 3.59. The standard InChI is InChI=1S/C20H27N3O3/c1-14(2)12-20(3)18(25)23(19(26)21-20)13-15-6-8-16(9-7-15)17(24)22-10-4-5-11-22/h6-9,14H,4-5,10-13H2,1-3H3,(H,21,26). The van der Waals surface area contributed by atoms with E-state index in [-0.39, 0.29) is 24.4 Å². The van der Waals surface area contributed by atoms with E-state index in [1.165, 1.54) is 4.90 Å². The average Bonchev–Trinajstić information content (AvgIpc) is 3.18. The lowest BCUT2D eigenvalue weighted by molar-refractivity contribution is -0.131. The predicted molar refractivity (Wildman–Crippen MR) is 98.5 cm³/mol. The van der Waals surface area contributed by atoms with E-state index in [1.807, 2.05) is 30.9 Å². The van der Waals surface area contributed by atoms with Crippen LogP contribution in [0.25, 0.3) is 0 Å². The molecule has 0 saturated carbocycles. The largest absolute Gasteiger partial charge is 0.339 e. The Hall–Kier alpha value is -2.37. The van der Waals surface area contributed by atoms with Crippen LogP contribution in [0, 0.1) is 5.92 Å². The van der Waals surface area contributed by atoms with Crippen molar-refractivity contribution in [2.45, 2.75) is 52.1 Å². The van der Waals surface area contributed by atoms with Gasteiger partial charge in [0.05, 0.1) is 6.54 Å². The zero-order valence-electron chi connectivity index (χ0n) is 15.7. The first-order chi connectivity index (χ1) is 12.3. The Balaban J connectivity index is 1.68. The Morgan fingerprint density at radius 2 is 1.77 bits per heavy atom. The summed E-state index contributed by atoms with van der Waals surface area (Å²) in [6, 6.07) is 6.85. The molecule has 3 rings (SSSR count). The highest BCUT2D eigenvalue weighted by atomic mass is 16.2. The number of hydrogen-bond acceptors (Lipinski definition) is 3. The maximum absolute atomic E-state index is 12.7. The molecule has 2 aliphatic rings. The molecule has 26 heavy (non-hydrogen) atoms. The molecule has 4 amide bonds. The molecule has 2 saturated heterocycles. The van der Waals surface area contributed by atoms with Gasteiger partial charge in [-0.25, -0.2) is 4.79 Å². The summed E-state index contributed by atoms with van der Waals surface area (Å²) in [6.07, 6.45) is 2.73. The second-order valence-corrected chi connectivity index (χ2v) is 7.95. The molecule has 1 aromatic carbocycles. The van der Waals surface area contributed by atoms with Crippen LogP contribution in [-0.2, 0) is 11.3 Å². The number of amides is 4. The van der Waals surface area contributed by atoms with E-state index in [2.05, 4.69) is 5.32 Å². The van der Waals surface area contributed by atoms with E-state index in [0.29, 0.717) is 17.9 Å². The minimum atomic E-state index is -0.836. The molecule has 2 aliphatic heterocycles. The molecule has 1 atom stereocenters. The Morgan fingerprint density at radius 1 is 1.15 bits per heavy atom. The highest BCUT2D eigenvalue weighted by molar-refractivity contribution is 6.06. The minimum absolute atomic E-state index is 0.0496. The molecule has 1 unspecified atom stereocenters. The number of carbonyl (C=O) groups excluding carboxylic acids is 3. The van der Waals surface area contributed by atoms with Gasteiger partial charge >= 0.3 is 6.03 Å². The van der Waals surface area contributed by atoms with Gasteiger partial charge in [-0.05, 0) is 49.8 Å². The highest BCUT2D eigenvalue weighted by Crippen LogP contribution is 2.26. The second kappa shape index (κ2) is 7.09. The van der Waals surface area contributed by atoms with Crippen LogP contribution in [0.3, 0.4) is 0 Å². The first-order valence-electron chi connectivity index (χ1n) is 9.32. The van der Waals surface area contributed by atoms with Crippen LogP contribution >= 0.6 is 0 Å². The SMILES string of the molecule is CC(C)CC1(C)NC(=O)N(Cc2ccc(C(=O)N3CCCC3)cc2)C1=O. The number of nitrogens with zero attached hydrogens (tertiary/aromatic N) is 2. The van der Waals surface area contributed by atoms with Crippen molar-refractivity contribution >= 4 is 17.8 Å². The van der Waals surface area contributed by atoms with Gasteiger partial charge in [0.15, 0.2) is 0 Å². The average molecular weight is 357 g/mol. The number of hydrogen-bond donors (Lipinski definition) is 1. The number of carbonyl (C=O) groups is 3. The molecular formula is C20H27N3O3. The third-order valence-corrected chi connectivity index (χ3v) is 5.10. The summed E-state index contributed by atoms with van der Waals surface area (Å²) in [7, 11) is 0. The Morgan fingerprint density at radius 3 is 2.35 bits per heavy atom. The Bertz CT molecular complexity index is 708. The number of benzene rings is 1. The van der Waals surface area contributed by atoms with Gasteiger partial charge < -0.3 is 10.2 Å². The first kappa shape index (κ1) is 18.4. The van der Waals surface area contributed by atoms with Crippen LogP contribution in [0.1, 0.15) is 56.0 Å². The van der Waals surface area contributed by atoms with Gasteiger partial charge in [0.1, 0.15) is 5.54 Å². The summed E-state index contributed by atoms with van der Waals surface area (Å²) < 4.78 is 0. The van der Waals surface area contributed by atoms with Crippen molar-refractivity contribution in [3.05, 3.63) is 35.4 Å². The Kier molecular flexibility index (Phi) is 5.03. The zero-order valence-corrected chi connectivity index (χ0v) is 15.7. The number of imide groups is 1. The molecule has 0 aliphatic carbocycles. The smallest absolute Gasteiger partial charge is 0.325 e. The monoisotopic (exact) mass is 357 g/mol. The molecule has 0 aromatic heterocycles. The number of rotatable bonds is 5. The summed E-state index contributed by atoms with van der Waals surface area (Å²) >= 11 is 0. The molecule has 6 heteroatoms. The van der Waals surface area contributed by atoms with Gasteiger partial charge in [0.25, 0.3) is 11.8 Å². The lowest BCUT2D eigenvalue weighted by atomic mass is 9.91. The van der Waals surface area contributed by atoms with Crippen LogP contribution in [0.2, 0.25) is 0 Å². The normalized spacial score (nSPS) is 23.1. The highest BCUT2D eigenvalue weighted by Gasteiger charge is 2.47. The van der Waals surface area contributed by atoms with Gasteiger partial charge in [-0.3, -0.25) is 14.5 Å². The van der Waals surface area contributed by atoms with Gasteiger partial charge in [-0.2, -0.15) is 0 Å². The van der Waals surface area contributed by atoms with E-state index in [4.69, 9.17) is 0 Å². The number of likely N-dealkylation sites (tertiary alicyclic amines) is 1. The van der Waals surface area contributed by atoms with Crippen LogP contribution in [0.5, 0.6) is 0 Å². The molecule has 1 aromatic rings. The van der Waals surface area contributed by atoms with Crippen LogP contribution in [0.15, 0.2) is 24.3 Å².